The topological polar surface area (TPSA) is 112 Å². The predicted molar refractivity (Wildman–Crippen MR) is 78.7 cm³/mol. The lowest BCUT2D eigenvalue weighted by molar-refractivity contribution is 0.0696. The minimum atomic E-state index is -3.88. The minimum Gasteiger partial charge on any atom is -0.478 e. The molecule has 1 aromatic carbocycles. The first-order valence-electron chi connectivity index (χ1n) is 5.50. The third-order valence-corrected chi connectivity index (χ3v) is 5.19. The molecular formula is C11H9BrClN3O4S. The van der Waals surface area contributed by atoms with Crippen LogP contribution < -0.4 is 4.72 Å². The van der Waals surface area contributed by atoms with E-state index in [4.69, 9.17) is 16.7 Å². The molecule has 0 atom stereocenters. The Bertz CT molecular complexity index is 777. The number of aromatic nitrogens is 2. The number of imidazole rings is 1. The number of carbonyl (C=O) groups is 1. The van der Waals surface area contributed by atoms with E-state index in [1.54, 1.807) is 0 Å². The molecule has 0 aliphatic rings. The molecule has 2 aromatic rings. The standard InChI is InChI=1S/C11H9BrClN3O4S/c12-9-2-7(1-8(10(9)13)11(17)18)21(19,20)16-4-6-3-14-5-15-6/h1-3,5,16H,4H2,(H,14,15)(H,17,18). The molecule has 1 aromatic heterocycles. The van der Waals surface area contributed by atoms with Gasteiger partial charge in [0, 0.05) is 16.4 Å². The van der Waals surface area contributed by atoms with E-state index in [-0.39, 0.29) is 26.5 Å². The first-order valence-corrected chi connectivity index (χ1v) is 8.16. The number of carboxylic acid groups (broad SMARTS) is 1. The van der Waals surface area contributed by atoms with Crippen molar-refractivity contribution in [3.63, 3.8) is 0 Å². The van der Waals surface area contributed by atoms with Gasteiger partial charge in [0.05, 0.1) is 28.4 Å². The highest BCUT2D eigenvalue weighted by Gasteiger charge is 2.20. The van der Waals surface area contributed by atoms with Crippen LogP contribution in [0.5, 0.6) is 0 Å². The lowest BCUT2D eigenvalue weighted by Crippen LogP contribution is -2.23. The van der Waals surface area contributed by atoms with Crippen molar-refractivity contribution < 1.29 is 18.3 Å². The van der Waals surface area contributed by atoms with Crippen molar-refractivity contribution in [2.24, 2.45) is 0 Å². The maximum atomic E-state index is 12.2. The molecule has 0 spiro atoms. The summed E-state index contributed by atoms with van der Waals surface area (Å²) in [6.45, 7) is 0.00494. The number of halogens is 2. The Labute approximate surface area is 133 Å². The quantitative estimate of drug-likeness (QED) is 0.718. The van der Waals surface area contributed by atoms with Gasteiger partial charge in [-0.25, -0.2) is 22.9 Å². The van der Waals surface area contributed by atoms with Crippen molar-refractivity contribution in [1.29, 1.82) is 0 Å². The average Bonchev–Trinajstić information content (AvgIpc) is 2.92. The van der Waals surface area contributed by atoms with Gasteiger partial charge < -0.3 is 10.1 Å². The second kappa shape index (κ2) is 6.14. The maximum absolute atomic E-state index is 12.2. The van der Waals surface area contributed by atoms with E-state index in [1.807, 2.05) is 0 Å². The molecule has 0 aliphatic carbocycles. The van der Waals surface area contributed by atoms with Gasteiger partial charge in [-0.3, -0.25) is 0 Å². The van der Waals surface area contributed by atoms with E-state index >= 15 is 0 Å². The zero-order valence-corrected chi connectivity index (χ0v) is 13.5. The van der Waals surface area contributed by atoms with Gasteiger partial charge in [0.25, 0.3) is 0 Å². The summed E-state index contributed by atoms with van der Waals surface area (Å²) in [7, 11) is -3.88. The van der Waals surface area contributed by atoms with Crippen molar-refractivity contribution in [3.8, 4) is 0 Å². The van der Waals surface area contributed by atoms with Crippen LogP contribution in [0, 0.1) is 0 Å². The fraction of sp³-hybridized carbons (Fsp3) is 0.0909. The summed E-state index contributed by atoms with van der Waals surface area (Å²) in [5.41, 5.74) is 0.276. The second-order valence-electron chi connectivity index (χ2n) is 3.97. The highest BCUT2D eigenvalue weighted by Crippen LogP contribution is 2.29. The number of rotatable bonds is 5. The Hall–Kier alpha value is -1.42. The summed E-state index contributed by atoms with van der Waals surface area (Å²) in [6.07, 6.45) is 2.90. The highest BCUT2D eigenvalue weighted by molar-refractivity contribution is 9.10. The number of hydrogen-bond donors (Lipinski definition) is 3. The Kier molecular flexibility index (Phi) is 4.67. The molecule has 0 bridgehead atoms. The third kappa shape index (κ3) is 3.62. The summed E-state index contributed by atoms with van der Waals surface area (Å²) in [5.74, 6) is -1.31. The fourth-order valence-corrected chi connectivity index (χ4v) is 3.37. The smallest absolute Gasteiger partial charge is 0.337 e. The van der Waals surface area contributed by atoms with Crippen molar-refractivity contribution in [3.05, 3.63) is 45.4 Å². The number of aromatic amines is 1. The van der Waals surface area contributed by atoms with Crippen LogP contribution in [-0.4, -0.2) is 29.5 Å². The van der Waals surface area contributed by atoms with E-state index < -0.39 is 16.0 Å². The van der Waals surface area contributed by atoms with Crippen LogP contribution in [0.15, 0.2) is 34.0 Å². The van der Waals surface area contributed by atoms with E-state index in [9.17, 15) is 13.2 Å². The van der Waals surface area contributed by atoms with Crippen LogP contribution in [-0.2, 0) is 16.6 Å². The van der Waals surface area contributed by atoms with E-state index in [0.717, 1.165) is 6.07 Å². The largest absolute Gasteiger partial charge is 0.478 e. The number of nitrogens with one attached hydrogen (secondary N) is 2. The number of H-pyrrole nitrogens is 1. The molecule has 0 radical (unpaired) electrons. The van der Waals surface area contributed by atoms with Crippen LogP contribution >= 0.6 is 27.5 Å². The molecule has 0 saturated carbocycles. The number of nitrogens with zero attached hydrogens (tertiary/aromatic N) is 1. The van der Waals surface area contributed by atoms with Gasteiger partial charge in [0.2, 0.25) is 10.0 Å². The van der Waals surface area contributed by atoms with Gasteiger partial charge in [-0.15, -0.1) is 0 Å². The van der Waals surface area contributed by atoms with Crippen molar-refractivity contribution in [1.82, 2.24) is 14.7 Å². The van der Waals surface area contributed by atoms with E-state index in [0.29, 0.717) is 5.69 Å². The summed E-state index contributed by atoms with van der Waals surface area (Å²) in [6, 6.07) is 2.24. The van der Waals surface area contributed by atoms with Crippen LogP contribution in [0.3, 0.4) is 0 Å². The zero-order chi connectivity index (χ0) is 15.6. The molecule has 0 unspecified atom stereocenters. The number of benzene rings is 1. The SMILES string of the molecule is O=C(O)c1cc(S(=O)(=O)NCc2cnc[nH]2)cc(Br)c1Cl. The monoisotopic (exact) mass is 393 g/mol. The number of carboxylic acids is 1. The second-order valence-corrected chi connectivity index (χ2v) is 6.97. The molecule has 0 saturated heterocycles. The zero-order valence-electron chi connectivity index (χ0n) is 10.3. The van der Waals surface area contributed by atoms with Crippen LogP contribution in [0.1, 0.15) is 16.1 Å². The van der Waals surface area contributed by atoms with Gasteiger partial charge in [-0.1, -0.05) is 11.6 Å². The Morgan fingerprint density at radius 2 is 2.19 bits per heavy atom. The normalized spacial score (nSPS) is 11.5. The molecule has 3 N–H and O–H groups in total. The molecule has 21 heavy (non-hydrogen) atoms. The Balaban J connectivity index is 2.33. The molecule has 0 amide bonds. The van der Waals surface area contributed by atoms with Crippen LogP contribution in [0.2, 0.25) is 5.02 Å². The van der Waals surface area contributed by atoms with E-state index in [1.165, 1.54) is 18.6 Å². The van der Waals surface area contributed by atoms with Crippen molar-refractivity contribution in [2.45, 2.75) is 11.4 Å². The number of aromatic carboxylic acids is 1. The molecule has 1 heterocycles. The summed E-state index contributed by atoms with van der Waals surface area (Å²) >= 11 is 8.86. The van der Waals surface area contributed by atoms with Crippen molar-refractivity contribution in [2.75, 3.05) is 0 Å². The Morgan fingerprint density at radius 1 is 1.48 bits per heavy atom. The first kappa shape index (κ1) is 16.0. The number of sulfonamides is 1. The van der Waals surface area contributed by atoms with Gasteiger partial charge in [-0.2, -0.15) is 0 Å². The van der Waals surface area contributed by atoms with E-state index in [2.05, 4.69) is 30.6 Å². The van der Waals surface area contributed by atoms with Crippen LogP contribution in [0.4, 0.5) is 0 Å². The van der Waals surface area contributed by atoms with Gasteiger partial charge in [-0.05, 0) is 28.1 Å². The molecule has 0 aliphatic heterocycles. The van der Waals surface area contributed by atoms with Gasteiger partial charge in [0.1, 0.15) is 0 Å². The molecular weight excluding hydrogens is 386 g/mol. The fourth-order valence-electron chi connectivity index (χ4n) is 1.51. The minimum absolute atomic E-state index is 0.00494. The van der Waals surface area contributed by atoms with Crippen molar-refractivity contribution >= 4 is 43.5 Å². The summed E-state index contributed by atoms with van der Waals surface area (Å²) < 4.78 is 26.8. The lowest BCUT2D eigenvalue weighted by Gasteiger charge is -2.09. The predicted octanol–water partition coefficient (Wildman–Crippen LogP) is 2.00. The highest BCUT2D eigenvalue weighted by atomic mass is 79.9. The van der Waals surface area contributed by atoms with Crippen LogP contribution in [0.25, 0.3) is 0 Å². The Morgan fingerprint density at radius 3 is 2.76 bits per heavy atom. The molecule has 10 heteroatoms. The molecule has 7 nitrogen and oxygen atoms in total. The van der Waals surface area contributed by atoms with Gasteiger partial charge in [0.15, 0.2) is 0 Å². The summed E-state index contributed by atoms with van der Waals surface area (Å²) in [4.78, 5) is 17.4. The lowest BCUT2D eigenvalue weighted by atomic mass is 10.2. The third-order valence-electron chi connectivity index (χ3n) is 2.55. The number of hydrogen-bond acceptors (Lipinski definition) is 4. The van der Waals surface area contributed by atoms with Gasteiger partial charge >= 0.3 is 5.97 Å². The average molecular weight is 395 g/mol. The molecule has 0 fully saturated rings. The maximum Gasteiger partial charge on any atom is 0.337 e. The summed E-state index contributed by atoms with van der Waals surface area (Å²) in [5, 5.41) is 8.97. The molecule has 2 rings (SSSR count). The first-order chi connectivity index (χ1) is 9.81. The molecule has 112 valence electrons.